The average Bonchev–Trinajstić information content (AvgIpc) is 2.81. The van der Waals surface area contributed by atoms with Crippen molar-refractivity contribution in [2.75, 3.05) is 0 Å². The highest BCUT2D eigenvalue weighted by molar-refractivity contribution is 5.66. The van der Waals surface area contributed by atoms with Gasteiger partial charge in [-0.25, -0.2) is 4.79 Å². The highest BCUT2D eigenvalue weighted by Crippen LogP contribution is 2.01. The SMILES string of the molecule is Cc1noc(CNC(=O)OCc2ccccc2)n1. The summed E-state index contributed by atoms with van der Waals surface area (Å²) >= 11 is 0. The largest absolute Gasteiger partial charge is 0.445 e. The molecule has 0 radical (unpaired) electrons. The topological polar surface area (TPSA) is 77.2 Å². The Hall–Kier alpha value is -2.37. The molecule has 2 aromatic rings. The minimum atomic E-state index is -0.519. The number of ether oxygens (including phenoxy) is 1. The molecule has 1 aromatic heterocycles. The van der Waals surface area contributed by atoms with E-state index in [0.29, 0.717) is 11.7 Å². The Morgan fingerprint density at radius 3 is 2.83 bits per heavy atom. The van der Waals surface area contributed by atoms with Crippen molar-refractivity contribution in [3.05, 3.63) is 47.6 Å². The molecular weight excluding hydrogens is 234 g/mol. The molecule has 18 heavy (non-hydrogen) atoms. The van der Waals surface area contributed by atoms with Crippen molar-refractivity contribution in [3.8, 4) is 0 Å². The van der Waals surface area contributed by atoms with Gasteiger partial charge in [-0.15, -0.1) is 0 Å². The van der Waals surface area contributed by atoms with E-state index in [1.54, 1.807) is 6.92 Å². The van der Waals surface area contributed by atoms with Crippen LogP contribution in [0.4, 0.5) is 4.79 Å². The zero-order chi connectivity index (χ0) is 12.8. The van der Waals surface area contributed by atoms with Gasteiger partial charge in [-0.2, -0.15) is 4.98 Å². The smallest absolute Gasteiger partial charge is 0.407 e. The van der Waals surface area contributed by atoms with E-state index in [9.17, 15) is 4.79 Å². The molecule has 6 nitrogen and oxygen atoms in total. The molecule has 0 aliphatic carbocycles. The van der Waals surface area contributed by atoms with Crippen LogP contribution in [-0.2, 0) is 17.9 Å². The van der Waals surface area contributed by atoms with Gasteiger partial charge in [-0.1, -0.05) is 35.5 Å². The molecule has 0 atom stereocenters. The zero-order valence-corrected chi connectivity index (χ0v) is 9.92. The highest BCUT2D eigenvalue weighted by Gasteiger charge is 2.06. The normalized spacial score (nSPS) is 10.1. The minimum absolute atomic E-state index is 0.161. The third kappa shape index (κ3) is 3.58. The van der Waals surface area contributed by atoms with Crippen LogP contribution in [0.5, 0.6) is 0 Å². The number of amides is 1. The van der Waals surface area contributed by atoms with Gasteiger partial charge in [0.05, 0.1) is 0 Å². The maximum Gasteiger partial charge on any atom is 0.407 e. The summed E-state index contributed by atoms with van der Waals surface area (Å²) in [6.45, 7) is 2.10. The molecule has 0 fully saturated rings. The first-order valence-corrected chi connectivity index (χ1v) is 5.48. The average molecular weight is 247 g/mol. The van der Waals surface area contributed by atoms with E-state index in [2.05, 4.69) is 15.5 Å². The van der Waals surface area contributed by atoms with Crippen LogP contribution in [0, 0.1) is 6.92 Å². The van der Waals surface area contributed by atoms with Crippen molar-refractivity contribution in [1.29, 1.82) is 0 Å². The van der Waals surface area contributed by atoms with E-state index in [4.69, 9.17) is 9.26 Å². The number of carbonyl (C=O) groups is 1. The molecule has 1 amide bonds. The number of nitrogens with one attached hydrogen (secondary N) is 1. The number of hydrogen-bond acceptors (Lipinski definition) is 5. The molecule has 0 spiro atoms. The second-order valence-electron chi connectivity index (χ2n) is 3.65. The third-order valence-corrected chi connectivity index (χ3v) is 2.17. The summed E-state index contributed by atoms with van der Waals surface area (Å²) in [4.78, 5) is 15.3. The fourth-order valence-corrected chi connectivity index (χ4v) is 1.33. The summed E-state index contributed by atoms with van der Waals surface area (Å²) in [6, 6.07) is 9.44. The Balaban J connectivity index is 1.73. The van der Waals surface area contributed by atoms with Crippen molar-refractivity contribution < 1.29 is 14.1 Å². The summed E-state index contributed by atoms with van der Waals surface area (Å²) in [6.07, 6.45) is -0.519. The molecule has 6 heteroatoms. The van der Waals surface area contributed by atoms with Gasteiger partial charge < -0.3 is 14.6 Å². The van der Waals surface area contributed by atoms with Crippen molar-refractivity contribution in [1.82, 2.24) is 15.5 Å². The predicted octanol–water partition coefficient (Wildman–Crippen LogP) is 1.80. The van der Waals surface area contributed by atoms with E-state index in [1.165, 1.54) is 0 Å². The Bertz CT molecular complexity index is 510. The predicted molar refractivity (Wildman–Crippen MR) is 62.5 cm³/mol. The summed E-state index contributed by atoms with van der Waals surface area (Å²) < 4.78 is 9.86. The van der Waals surface area contributed by atoms with Crippen LogP contribution < -0.4 is 5.32 Å². The van der Waals surface area contributed by atoms with Gasteiger partial charge in [0, 0.05) is 0 Å². The van der Waals surface area contributed by atoms with Crippen molar-refractivity contribution in [2.45, 2.75) is 20.1 Å². The minimum Gasteiger partial charge on any atom is -0.445 e. The quantitative estimate of drug-likeness (QED) is 0.891. The molecule has 0 aliphatic heterocycles. The van der Waals surface area contributed by atoms with Gasteiger partial charge in [0.25, 0.3) is 0 Å². The molecule has 94 valence electrons. The number of nitrogens with zero attached hydrogens (tertiary/aromatic N) is 2. The van der Waals surface area contributed by atoms with Gasteiger partial charge in [0.2, 0.25) is 5.89 Å². The Morgan fingerprint density at radius 1 is 1.39 bits per heavy atom. The van der Waals surface area contributed by atoms with Gasteiger partial charge in [-0.3, -0.25) is 0 Å². The first-order valence-electron chi connectivity index (χ1n) is 5.48. The third-order valence-electron chi connectivity index (χ3n) is 2.17. The number of rotatable bonds is 4. The molecular formula is C12H13N3O3. The molecule has 0 bridgehead atoms. The number of aromatic nitrogens is 2. The highest BCUT2D eigenvalue weighted by atomic mass is 16.5. The molecule has 0 saturated carbocycles. The van der Waals surface area contributed by atoms with Crippen LogP contribution in [0.3, 0.4) is 0 Å². The van der Waals surface area contributed by atoms with E-state index in [0.717, 1.165) is 5.56 Å². The zero-order valence-electron chi connectivity index (χ0n) is 9.92. The molecule has 0 unspecified atom stereocenters. The van der Waals surface area contributed by atoms with Crippen LogP contribution in [-0.4, -0.2) is 16.2 Å². The van der Waals surface area contributed by atoms with Gasteiger partial charge in [0.1, 0.15) is 13.2 Å². The van der Waals surface area contributed by atoms with E-state index in [1.807, 2.05) is 30.3 Å². The number of carbonyl (C=O) groups excluding carboxylic acids is 1. The van der Waals surface area contributed by atoms with Crippen LogP contribution in [0.2, 0.25) is 0 Å². The van der Waals surface area contributed by atoms with Crippen LogP contribution in [0.25, 0.3) is 0 Å². The lowest BCUT2D eigenvalue weighted by Crippen LogP contribution is -2.23. The lowest BCUT2D eigenvalue weighted by molar-refractivity contribution is 0.138. The number of hydrogen-bond donors (Lipinski definition) is 1. The van der Waals surface area contributed by atoms with Crippen molar-refractivity contribution >= 4 is 6.09 Å². The molecule has 2 rings (SSSR count). The molecule has 1 N–H and O–H groups in total. The number of alkyl carbamates (subject to hydrolysis) is 1. The van der Waals surface area contributed by atoms with Gasteiger partial charge >= 0.3 is 6.09 Å². The van der Waals surface area contributed by atoms with E-state index < -0.39 is 6.09 Å². The van der Waals surface area contributed by atoms with Crippen LogP contribution in [0.1, 0.15) is 17.3 Å². The molecule has 0 saturated heterocycles. The number of benzene rings is 1. The van der Waals surface area contributed by atoms with Gasteiger partial charge in [-0.05, 0) is 12.5 Å². The molecule has 0 aliphatic rings. The maximum atomic E-state index is 11.4. The fourth-order valence-electron chi connectivity index (χ4n) is 1.33. The Kier molecular flexibility index (Phi) is 3.90. The molecule has 1 aromatic carbocycles. The van der Waals surface area contributed by atoms with Crippen LogP contribution >= 0.6 is 0 Å². The van der Waals surface area contributed by atoms with Gasteiger partial charge in [0.15, 0.2) is 5.82 Å². The Morgan fingerprint density at radius 2 is 2.17 bits per heavy atom. The Labute approximate surface area is 104 Å². The standard InChI is InChI=1S/C12H13N3O3/c1-9-14-11(18-15-9)7-13-12(16)17-8-10-5-3-2-4-6-10/h2-6H,7-8H2,1H3,(H,13,16). The van der Waals surface area contributed by atoms with Crippen molar-refractivity contribution in [3.63, 3.8) is 0 Å². The van der Waals surface area contributed by atoms with Crippen molar-refractivity contribution in [2.24, 2.45) is 0 Å². The maximum absolute atomic E-state index is 11.4. The second-order valence-corrected chi connectivity index (χ2v) is 3.65. The van der Waals surface area contributed by atoms with E-state index >= 15 is 0 Å². The summed E-state index contributed by atoms with van der Waals surface area (Å²) in [5, 5.41) is 6.14. The van der Waals surface area contributed by atoms with E-state index in [-0.39, 0.29) is 13.2 Å². The fraction of sp³-hybridized carbons (Fsp3) is 0.250. The summed E-state index contributed by atoms with van der Waals surface area (Å²) in [5.74, 6) is 0.883. The lowest BCUT2D eigenvalue weighted by Gasteiger charge is -2.04. The number of aryl methyl sites for hydroxylation is 1. The first kappa shape index (κ1) is 12.1. The summed E-state index contributed by atoms with van der Waals surface area (Å²) in [7, 11) is 0. The second kappa shape index (κ2) is 5.81. The first-order chi connectivity index (χ1) is 8.74. The molecule has 1 heterocycles. The monoisotopic (exact) mass is 247 g/mol. The van der Waals surface area contributed by atoms with Crippen LogP contribution in [0.15, 0.2) is 34.9 Å². The lowest BCUT2D eigenvalue weighted by atomic mass is 10.2. The summed E-state index contributed by atoms with van der Waals surface area (Å²) in [5.41, 5.74) is 0.932.